The van der Waals surface area contributed by atoms with E-state index in [4.69, 9.17) is 20.9 Å². The number of halogens is 1. The van der Waals surface area contributed by atoms with Crippen LogP contribution in [0.15, 0.2) is 58.2 Å². The van der Waals surface area contributed by atoms with Crippen molar-refractivity contribution in [3.05, 3.63) is 59.4 Å². The second kappa shape index (κ2) is 8.97. The molecule has 0 saturated carbocycles. The first-order valence-corrected chi connectivity index (χ1v) is 9.82. The van der Waals surface area contributed by atoms with Gasteiger partial charge in [0.2, 0.25) is 17.6 Å². The normalized spacial score (nSPS) is 13.7. The van der Waals surface area contributed by atoms with Crippen molar-refractivity contribution in [2.75, 3.05) is 19.0 Å². The Balaban J connectivity index is 1.49. The highest BCUT2D eigenvalue weighted by Gasteiger charge is 2.26. The van der Waals surface area contributed by atoms with E-state index in [1.54, 1.807) is 18.2 Å². The number of ether oxygens (including phenoxy) is 1. The monoisotopic (exact) mass is 439 g/mol. The van der Waals surface area contributed by atoms with Gasteiger partial charge in [-0.05, 0) is 18.2 Å². The molecule has 158 valence electrons. The number of hydrazone groups is 1. The van der Waals surface area contributed by atoms with Gasteiger partial charge in [0.05, 0.1) is 12.8 Å². The molecule has 0 unspecified atom stereocenters. The molecule has 0 aliphatic carbocycles. The number of anilines is 1. The van der Waals surface area contributed by atoms with E-state index in [9.17, 15) is 9.59 Å². The van der Waals surface area contributed by atoms with E-state index in [1.165, 1.54) is 7.11 Å². The van der Waals surface area contributed by atoms with Gasteiger partial charge in [-0.1, -0.05) is 47.1 Å². The number of amides is 2. The summed E-state index contributed by atoms with van der Waals surface area (Å²) in [6.45, 7) is -0.280. The fourth-order valence-corrected chi connectivity index (χ4v) is 3.20. The quantitative estimate of drug-likeness (QED) is 0.630. The van der Waals surface area contributed by atoms with Crippen LogP contribution >= 0.6 is 11.6 Å². The maximum absolute atomic E-state index is 12.5. The van der Waals surface area contributed by atoms with Gasteiger partial charge < -0.3 is 14.6 Å². The van der Waals surface area contributed by atoms with Crippen LogP contribution in [0, 0.1) is 0 Å². The lowest BCUT2D eigenvalue weighted by atomic mass is 10.1. The van der Waals surface area contributed by atoms with Crippen molar-refractivity contribution in [3.63, 3.8) is 0 Å². The molecule has 9 nitrogen and oxygen atoms in total. The van der Waals surface area contributed by atoms with E-state index >= 15 is 0 Å². The SMILES string of the molecule is COc1ccc(Cl)cc1NC(=O)CN1N=C(c2nc(-c3ccccc3)no2)CCC1=O. The molecule has 4 rings (SSSR count). The number of methoxy groups -OCH3 is 1. The minimum atomic E-state index is -0.450. The zero-order valence-corrected chi connectivity index (χ0v) is 17.3. The molecule has 2 amide bonds. The molecule has 3 aromatic rings. The van der Waals surface area contributed by atoms with Gasteiger partial charge in [0, 0.05) is 23.4 Å². The van der Waals surface area contributed by atoms with Gasteiger partial charge in [0.1, 0.15) is 18.0 Å². The lowest BCUT2D eigenvalue weighted by Crippen LogP contribution is -2.38. The summed E-state index contributed by atoms with van der Waals surface area (Å²) in [7, 11) is 1.48. The number of benzene rings is 2. The predicted octanol–water partition coefficient (Wildman–Crippen LogP) is 3.36. The van der Waals surface area contributed by atoms with Crippen LogP contribution in [0.2, 0.25) is 5.02 Å². The highest BCUT2D eigenvalue weighted by atomic mass is 35.5. The maximum Gasteiger partial charge on any atom is 0.274 e. The average Bonchev–Trinajstić information content (AvgIpc) is 3.26. The summed E-state index contributed by atoms with van der Waals surface area (Å²) in [5.74, 6) is 0.362. The van der Waals surface area contributed by atoms with E-state index < -0.39 is 5.91 Å². The molecule has 0 radical (unpaired) electrons. The van der Waals surface area contributed by atoms with Gasteiger partial charge in [-0.3, -0.25) is 9.59 Å². The van der Waals surface area contributed by atoms with Crippen LogP contribution in [0.1, 0.15) is 18.7 Å². The summed E-state index contributed by atoms with van der Waals surface area (Å²) >= 11 is 5.99. The fraction of sp³-hybridized carbons (Fsp3) is 0.190. The molecule has 1 N–H and O–H groups in total. The first-order chi connectivity index (χ1) is 15.0. The van der Waals surface area contributed by atoms with Crippen molar-refractivity contribution in [1.82, 2.24) is 15.1 Å². The van der Waals surface area contributed by atoms with Crippen molar-refractivity contribution < 1.29 is 18.8 Å². The van der Waals surface area contributed by atoms with E-state index in [-0.39, 0.29) is 24.8 Å². The number of carbonyl (C=O) groups excluding carboxylic acids is 2. The number of nitrogens with one attached hydrogen (secondary N) is 1. The Morgan fingerprint density at radius 2 is 2.03 bits per heavy atom. The number of hydrogen-bond donors (Lipinski definition) is 1. The van der Waals surface area contributed by atoms with Crippen LogP contribution in [0.4, 0.5) is 5.69 Å². The largest absolute Gasteiger partial charge is 0.495 e. The molecule has 0 fully saturated rings. The molecule has 10 heteroatoms. The number of carbonyl (C=O) groups is 2. The Labute approximate surface area is 182 Å². The Bertz CT molecular complexity index is 1150. The van der Waals surface area contributed by atoms with Gasteiger partial charge in [-0.2, -0.15) is 10.1 Å². The van der Waals surface area contributed by atoms with E-state index in [0.717, 1.165) is 10.6 Å². The molecule has 31 heavy (non-hydrogen) atoms. The first kappa shape index (κ1) is 20.5. The topological polar surface area (TPSA) is 110 Å². The van der Waals surface area contributed by atoms with Crippen molar-refractivity contribution in [3.8, 4) is 17.1 Å². The lowest BCUT2D eigenvalue weighted by molar-refractivity contribution is -0.135. The second-order valence-corrected chi connectivity index (χ2v) is 7.12. The van der Waals surface area contributed by atoms with Crippen molar-refractivity contribution in [2.24, 2.45) is 5.10 Å². The standard InChI is InChI=1S/C21H18ClN5O4/c1-30-17-9-7-14(22)11-16(17)23-18(28)12-27-19(29)10-8-15(25-27)21-24-20(26-31-21)13-5-3-2-4-6-13/h2-7,9,11H,8,10,12H2,1H3,(H,23,28). The third-order valence-electron chi connectivity index (χ3n) is 4.54. The average molecular weight is 440 g/mol. The van der Waals surface area contributed by atoms with E-state index in [1.807, 2.05) is 30.3 Å². The molecular weight excluding hydrogens is 422 g/mol. The highest BCUT2D eigenvalue weighted by Crippen LogP contribution is 2.27. The molecule has 0 spiro atoms. The van der Waals surface area contributed by atoms with Crippen molar-refractivity contribution >= 4 is 34.8 Å². The van der Waals surface area contributed by atoms with Crippen molar-refractivity contribution in [2.45, 2.75) is 12.8 Å². The summed E-state index contributed by atoms with van der Waals surface area (Å²) in [6, 6.07) is 14.2. The molecule has 1 aliphatic heterocycles. The molecule has 0 bridgehead atoms. The lowest BCUT2D eigenvalue weighted by Gasteiger charge is -2.22. The fourth-order valence-electron chi connectivity index (χ4n) is 3.03. The molecule has 0 saturated heterocycles. The summed E-state index contributed by atoms with van der Waals surface area (Å²) in [6.07, 6.45) is 0.519. The van der Waals surface area contributed by atoms with Gasteiger partial charge in [0.15, 0.2) is 0 Å². The van der Waals surface area contributed by atoms with Gasteiger partial charge >= 0.3 is 0 Å². The van der Waals surface area contributed by atoms with Crippen LogP contribution in [0.3, 0.4) is 0 Å². The van der Waals surface area contributed by atoms with E-state index in [0.29, 0.717) is 34.4 Å². The van der Waals surface area contributed by atoms with Crippen LogP contribution in [-0.4, -0.2) is 46.3 Å². The van der Waals surface area contributed by atoms with Crippen LogP contribution in [-0.2, 0) is 9.59 Å². The Morgan fingerprint density at radius 1 is 1.23 bits per heavy atom. The number of rotatable bonds is 6. The molecular formula is C21H18ClN5O4. The molecule has 0 atom stereocenters. The third-order valence-corrected chi connectivity index (χ3v) is 4.77. The van der Waals surface area contributed by atoms with Crippen LogP contribution in [0.5, 0.6) is 5.75 Å². The minimum Gasteiger partial charge on any atom is -0.495 e. The number of aromatic nitrogens is 2. The van der Waals surface area contributed by atoms with Gasteiger partial charge in [-0.15, -0.1) is 0 Å². The number of hydrogen-bond acceptors (Lipinski definition) is 7. The van der Waals surface area contributed by atoms with Crippen LogP contribution < -0.4 is 10.1 Å². The summed E-state index contributed by atoms with van der Waals surface area (Å²) in [5, 5.41) is 12.5. The highest BCUT2D eigenvalue weighted by molar-refractivity contribution is 6.31. The van der Waals surface area contributed by atoms with E-state index in [2.05, 4.69) is 20.6 Å². The first-order valence-electron chi connectivity index (χ1n) is 9.44. The predicted molar refractivity (Wildman–Crippen MR) is 114 cm³/mol. The zero-order chi connectivity index (χ0) is 21.8. The van der Waals surface area contributed by atoms with Gasteiger partial charge in [-0.25, -0.2) is 5.01 Å². The second-order valence-electron chi connectivity index (χ2n) is 6.68. The maximum atomic E-state index is 12.5. The summed E-state index contributed by atoms with van der Waals surface area (Å²) < 4.78 is 10.5. The molecule has 2 aromatic carbocycles. The van der Waals surface area contributed by atoms with Crippen molar-refractivity contribution in [1.29, 1.82) is 0 Å². The smallest absolute Gasteiger partial charge is 0.274 e. The Kier molecular flexibility index (Phi) is 5.94. The Morgan fingerprint density at radius 3 is 2.81 bits per heavy atom. The van der Waals surface area contributed by atoms with Crippen LogP contribution in [0.25, 0.3) is 11.4 Å². The Hall–Kier alpha value is -3.72. The third kappa shape index (κ3) is 4.72. The summed E-state index contributed by atoms with van der Waals surface area (Å²) in [5.41, 5.74) is 1.65. The summed E-state index contributed by atoms with van der Waals surface area (Å²) in [4.78, 5) is 29.2. The molecule has 1 aromatic heterocycles. The molecule has 2 heterocycles. The molecule has 1 aliphatic rings. The van der Waals surface area contributed by atoms with Gasteiger partial charge in [0.25, 0.3) is 5.89 Å². The minimum absolute atomic E-state index is 0.176. The number of nitrogens with zero attached hydrogens (tertiary/aromatic N) is 4. The zero-order valence-electron chi connectivity index (χ0n) is 16.5.